The summed E-state index contributed by atoms with van der Waals surface area (Å²) in [6.07, 6.45) is -1.04. The molecule has 0 aliphatic carbocycles. The molecule has 2 aromatic carbocycles. The number of carbonyl (C=O) groups excluding carboxylic acids is 2. The van der Waals surface area contributed by atoms with Gasteiger partial charge in [-0.05, 0) is 47.1 Å². The highest BCUT2D eigenvalue weighted by Gasteiger charge is 2.24. The number of anilines is 1. The number of esters is 1. The fourth-order valence-corrected chi connectivity index (χ4v) is 2.50. The smallest absolute Gasteiger partial charge is 0.339 e. The lowest BCUT2D eigenvalue weighted by Gasteiger charge is -2.21. The van der Waals surface area contributed by atoms with Crippen LogP contribution in [0.25, 0.3) is 0 Å². The summed E-state index contributed by atoms with van der Waals surface area (Å²) in [6, 6.07) is 12.8. The minimum Gasteiger partial charge on any atom is -0.449 e. The number of benzene rings is 2. The average Bonchev–Trinajstić information content (AvgIpc) is 2.61. The standard InChI is InChI=1S/C17H15BrN2O5/c1-11(16(21)19(2)13-6-4-3-5-7-13)25-17(22)12-8-9-14(18)15(10-12)20(23)24/h3-11H,1-2H3/t11-/m1/s1. The van der Waals surface area contributed by atoms with Crippen molar-refractivity contribution in [3.05, 3.63) is 68.7 Å². The van der Waals surface area contributed by atoms with Gasteiger partial charge in [-0.1, -0.05) is 18.2 Å². The summed E-state index contributed by atoms with van der Waals surface area (Å²) in [4.78, 5) is 36.2. The van der Waals surface area contributed by atoms with Crippen molar-refractivity contribution in [3.63, 3.8) is 0 Å². The normalized spacial score (nSPS) is 11.5. The molecule has 0 bridgehead atoms. The van der Waals surface area contributed by atoms with E-state index in [2.05, 4.69) is 15.9 Å². The zero-order valence-electron chi connectivity index (χ0n) is 13.5. The molecule has 0 aliphatic rings. The first-order valence-electron chi connectivity index (χ1n) is 7.28. The van der Waals surface area contributed by atoms with Gasteiger partial charge in [0.25, 0.3) is 11.6 Å². The molecule has 0 radical (unpaired) electrons. The van der Waals surface area contributed by atoms with Gasteiger partial charge in [0.05, 0.1) is 15.0 Å². The summed E-state index contributed by atoms with van der Waals surface area (Å²) in [7, 11) is 1.58. The van der Waals surface area contributed by atoms with Gasteiger partial charge in [0.15, 0.2) is 6.10 Å². The topological polar surface area (TPSA) is 89.7 Å². The molecule has 2 rings (SSSR count). The SMILES string of the molecule is C[C@@H](OC(=O)c1ccc(Br)c([N+](=O)[O-])c1)C(=O)N(C)c1ccccc1. The maximum Gasteiger partial charge on any atom is 0.339 e. The van der Waals surface area contributed by atoms with Crippen LogP contribution >= 0.6 is 15.9 Å². The minimum absolute atomic E-state index is 0.00286. The molecule has 2 aromatic rings. The van der Waals surface area contributed by atoms with E-state index in [1.807, 2.05) is 6.07 Å². The predicted molar refractivity (Wildman–Crippen MR) is 95.5 cm³/mol. The number of carbonyl (C=O) groups is 2. The van der Waals surface area contributed by atoms with Crippen LogP contribution in [-0.2, 0) is 9.53 Å². The van der Waals surface area contributed by atoms with E-state index in [4.69, 9.17) is 4.74 Å². The first kappa shape index (κ1) is 18.6. The lowest BCUT2D eigenvalue weighted by molar-refractivity contribution is -0.385. The van der Waals surface area contributed by atoms with E-state index in [-0.39, 0.29) is 15.7 Å². The Morgan fingerprint density at radius 2 is 1.84 bits per heavy atom. The molecule has 0 aliphatic heterocycles. The van der Waals surface area contributed by atoms with Crippen LogP contribution in [0.1, 0.15) is 17.3 Å². The quantitative estimate of drug-likeness (QED) is 0.430. The molecule has 130 valence electrons. The molecular weight excluding hydrogens is 392 g/mol. The first-order valence-corrected chi connectivity index (χ1v) is 8.08. The van der Waals surface area contributed by atoms with Gasteiger partial charge in [-0.2, -0.15) is 0 Å². The Balaban J connectivity index is 2.11. The van der Waals surface area contributed by atoms with Crippen molar-refractivity contribution < 1.29 is 19.2 Å². The van der Waals surface area contributed by atoms with E-state index < -0.39 is 22.9 Å². The van der Waals surface area contributed by atoms with Crippen LogP contribution in [0.3, 0.4) is 0 Å². The van der Waals surface area contributed by atoms with E-state index in [1.165, 1.54) is 24.0 Å². The van der Waals surface area contributed by atoms with Crippen LogP contribution < -0.4 is 4.90 Å². The summed E-state index contributed by atoms with van der Waals surface area (Å²) in [5, 5.41) is 10.9. The van der Waals surface area contributed by atoms with Crippen molar-refractivity contribution in [3.8, 4) is 0 Å². The first-order chi connectivity index (χ1) is 11.8. The fraction of sp³-hybridized carbons (Fsp3) is 0.176. The molecule has 1 amide bonds. The number of ether oxygens (including phenoxy) is 1. The van der Waals surface area contributed by atoms with Crippen molar-refractivity contribution in [2.24, 2.45) is 0 Å². The second-order valence-electron chi connectivity index (χ2n) is 5.20. The number of rotatable bonds is 5. The number of likely N-dealkylation sites (N-methyl/N-ethyl adjacent to an activating group) is 1. The summed E-state index contributed by atoms with van der Waals surface area (Å²) in [6.45, 7) is 1.45. The second kappa shape index (κ2) is 7.89. The van der Waals surface area contributed by atoms with Crippen LogP contribution in [0.15, 0.2) is 53.0 Å². The predicted octanol–water partition coefficient (Wildman–Crippen LogP) is 3.57. The molecule has 8 heteroatoms. The summed E-state index contributed by atoms with van der Waals surface area (Å²) in [5.74, 6) is -1.22. The monoisotopic (exact) mass is 406 g/mol. The van der Waals surface area contributed by atoms with Gasteiger partial charge in [-0.3, -0.25) is 14.9 Å². The van der Waals surface area contributed by atoms with Crippen molar-refractivity contribution in [2.45, 2.75) is 13.0 Å². The van der Waals surface area contributed by atoms with E-state index in [0.717, 1.165) is 6.07 Å². The van der Waals surface area contributed by atoms with Crippen molar-refractivity contribution >= 4 is 39.2 Å². The molecule has 0 saturated carbocycles. The number of nitrogens with zero attached hydrogens (tertiary/aromatic N) is 2. The Bertz CT molecular complexity index is 810. The van der Waals surface area contributed by atoms with E-state index in [9.17, 15) is 19.7 Å². The molecule has 0 unspecified atom stereocenters. The van der Waals surface area contributed by atoms with Gasteiger partial charge in [-0.25, -0.2) is 4.79 Å². The van der Waals surface area contributed by atoms with Crippen molar-refractivity contribution in [2.75, 3.05) is 11.9 Å². The summed E-state index contributed by atoms with van der Waals surface area (Å²) < 4.78 is 5.40. The van der Waals surface area contributed by atoms with E-state index >= 15 is 0 Å². The number of hydrogen-bond acceptors (Lipinski definition) is 5. The van der Waals surface area contributed by atoms with Gasteiger partial charge in [0.1, 0.15) is 0 Å². The highest BCUT2D eigenvalue weighted by molar-refractivity contribution is 9.10. The maximum absolute atomic E-state index is 12.4. The van der Waals surface area contributed by atoms with Crippen LogP contribution in [0.5, 0.6) is 0 Å². The molecule has 0 aromatic heterocycles. The van der Waals surface area contributed by atoms with Gasteiger partial charge in [0, 0.05) is 18.8 Å². The maximum atomic E-state index is 12.4. The summed E-state index contributed by atoms with van der Waals surface area (Å²) >= 11 is 3.04. The molecule has 0 spiro atoms. The number of nitro benzene ring substituents is 1. The Labute approximate surface area is 152 Å². The largest absolute Gasteiger partial charge is 0.449 e. The molecular formula is C17H15BrN2O5. The van der Waals surface area contributed by atoms with E-state index in [1.54, 1.807) is 31.3 Å². The molecule has 0 fully saturated rings. The van der Waals surface area contributed by atoms with Crippen LogP contribution in [0, 0.1) is 10.1 Å². The number of hydrogen-bond donors (Lipinski definition) is 0. The highest BCUT2D eigenvalue weighted by Crippen LogP contribution is 2.26. The lowest BCUT2D eigenvalue weighted by atomic mass is 10.2. The van der Waals surface area contributed by atoms with Crippen LogP contribution in [0.2, 0.25) is 0 Å². The third-order valence-electron chi connectivity index (χ3n) is 3.48. The number of nitro groups is 1. The van der Waals surface area contributed by atoms with Crippen LogP contribution in [0.4, 0.5) is 11.4 Å². The highest BCUT2D eigenvalue weighted by atomic mass is 79.9. The van der Waals surface area contributed by atoms with Crippen molar-refractivity contribution in [1.82, 2.24) is 0 Å². The minimum atomic E-state index is -1.04. The molecule has 25 heavy (non-hydrogen) atoms. The number of para-hydroxylation sites is 1. The molecule has 7 nitrogen and oxygen atoms in total. The lowest BCUT2D eigenvalue weighted by Crippen LogP contribution is -2.37. The fourth-order valence-electron chi connectivity index (χ4n) is 2.11. The summed E-state index contributed by atoms with van der Waals surface area (Å²) in [5.41, 5.74) is 0.404. The van der Waals surface area contributed by atoms with E-state index in [0.29, 0.717) is 5.69 Å². The zero-order valence-corrected chi connectivity index (χ0v) is 15.1. The van der Waals surface area contributed by atoms with Crippen molar-refractivity contribution in [1.29, 1.82) is 0 Å². The second-order valence-corrected chi connectivity index (χ2v) is 6.06. The zero-order chi connectivity index (χ0) is 18.6. The Morgan fingerprint density at radius 1 is 1.20 bits per heavy atom. The Hall–Kier alpha value is -2.74. The van der Waals surface area contributed by atoms with Gasteiger partial charge < -0.3 is 9.64 Å². The van der Waals surface area contributed by atoms with Gasteiger partial charge in [-0.15, -0.1) is 0 Å². The molecule has 0 saturated heterocycles. The molecule has 1 atom stereocenters. The number of amides is 1. The Kier molecular flexibility index (Phi) is 5.87. The van der Waals surface area contributed by atoms with Crippen LogP contribution in [-0.4, -0.2) is 30.0 Å². The average molecular weight is 407 g/mol. The molecule has 0 N–H and O–H groups in total. The van der Waals surface area contributed by atoms with Gasteiger partial charge in [0.2, 0.25) is 0 Å². The third kappa shape index (κ3) is 4.42. The van der Waals surface area contributed by atoms with Gasteiger partial charge >= 0.3 is 5.97 Å². The molecule has 0 heterocycles. The Morgan fingerprint density at radius 3 is 2.44 bits per heavy atom. The number of halogens is 1. The third-order valence-corrected chi connectivity index (χ3v) is 4.15.